The normalized spacial score (nSPS) is 10.8. The third-order valence-corrected chi connectivity index (χ3v) is 5.37. The van der Waals surface area contributed by atoms with Crippen molar-refractivity contribution in [3.63, 3.8) is 0 Å². The standard InChI is InChI=1S/C22H21N3O2S/c1-14-11-17-21(23-18-10-9-16(26-2)13-19(18)27-3)24-20(25-22(17)28-14)12-15-7-5-4-6-8-15/h4-11,13H,12H2,1-3H3,(H,23,24,25). The van der Waals surface area contributed by atoms with E-state index in [1.807, 2.05) is 36.4 Å². The Morgan fingerprint density at radius 3 is 2.54 bits per heavy atom. The highest BCUT2D eigenvalue weighted by molar-refractivity contribution is 7.18. The molecule has 2 aromatic carbocycles. The molecule has 0 fully saturated rings. The second-order valence-corrected chi connectivity index (χ2v) is 7.65. The van der Waals surface area contributed by atoms with E-state index in [1.165, 1.54) is 10.4 Å². The average molecular weight is 391 g/mol. The molecule has 2 aromatic heterocycles. The van der Waals surface area contributed by atoms with Gasteiger partial charge in [-0.25, -0.2) is 9.97 Å². The Hall–Kier alpha value is -3.12. The van der Waals surface area contributed by atoms with Crippen LogP contribution in [0.5, 0.6) is 11.5 Å². The minimum absolute atomic E-state index is 0.683. The van der Waals surface area contributed by atoms with Gasteiger partial charge in [-0.3, -0.25) is 0 Å². The van der Waals surface area contributed by atoms with Gasteiger partial charge in [0.2, 0.25) is 0 Å². The molecule has 0 bridgehead atoms. The van der Waals surface area contributed by atoms with E-state index in [2.05, 4.69) is 30.4 Å². The van der Waals surface area contributed by atoms with Crippen LogP contribution in [0.3, 0.4) is 0 Å². The lowest BCUT2D eigenvalue weighted by Gasteiger charge is -2.13. The van der Waals surface area contributed by atoms with Crippen molar-refractivity contribution in [2.24, 2.45) is 0 Å². The lowest BCUT2D eigenvalue weighted by atomic mass is 10.1. The number of hydrogen-bond donors (Lipinski definition) is 1. The number of hydrogen-bond acceptors (Lipinski definition) is 6. The van der Waals surface area contributed by atoms with Crippen molar-refractivity contribution in [2.45, 2.75) is 13.3 Å². The van der Waals surface area contributed by atoms with Crippen LogP contribution in [0.25, 0.3) is 10.2 Å². The minimum atomic E-state index is 0.683. The zero-order valence-corrected chi connectivity index (χ0v) is 16.8. The molecule has 142 valence electrons. The molecule has 4 aromatic rings. The molecule has 0 radical (unpaired) electrons. The average Bonchev–Trinajstić information content (AvgIpc) is 3.09. The summed E-state index contributed by atoms with van der Waals surface area (Å²) in [6, 6.07) is 18.1. The molecule has 0 aliphatic heterocycles. The van der Waals surface area contributed by atoms with E-state index in [4.69, 9.17) is 19.4 Å². The minimum Gasteiger partial charge on any atom is -0.497 e. The first kappa shape index (κ1) is 18.3. The van der Waals surface area contributed by atoms with Crippen molar-refractivity contribution in [3.8, 4) is 11.5 Å². The third kappa shape index (κ3) is 3.77. The van der Waals surface area contributed by atoms with Gasteiger partial charge in [0.15, 0.2) is 0 Å². The Labute approximate surface area is 168 Å². The van der Waals surface area contributed by atoms with Crippen molar-refractivity contribution >= 4 is 33.1 Å². The summed E-state index contributed by atoms with van der Waals surface area (Å²) in [6.45, 7) is 2.08. The number of thiophene rings is 1. The van der Waals surface area contributed by atoms with Crippen LogP contribution in [-0.2, 0) is 6.42 Å². The smallest absolute Gasteiger partial charge is 0.146 e. The Kier molecular flexibility index (Phi) is 5.12. The summed E-state index contributed by atoms with van der Waals surface area (Å²) in [7, 11) is 3.28. The fourth-order valence-corrected chi connectivity index (χ4v) is 3.97. The van der Waals surface area contributed by atoms with Gasteiger partial charge >= 0.3 is 0 Å². The van der Waals surface area contributed by atoms with Crippen molar-refractivity contribution in [1.82, 2.24) is 9.97 Å². The van der Waals surface area contributed by atoms with Crippen molar-refractivity contribution in [3.05, 3.63) is 70.9 Å². The second-order valence-electron chi connectivity index (χ2n) is 6.42. The molecule has 0 aliphatic rings. The van der Waals surface area contributed by atoms with Gasteiger partial charge in [0.1, 0.15) is 28.0 Å². The summed E-state index contributed by atoms with van der Waals surface area (Å²) < 4.78 is 10.8. The number of nitrogens with zero attached hydrogens (tertiary/aromatic N) is 2. The van der Waals surface area contributed by atoms with Gasteiger partial charge in [-0.15, -0.1) is 11.3 Å². The number of nitrogens with one attached hydrogen (secondary N) is 1. The van der Waals surface area contributed by atoms with Crippen LogP contribution in [0, 0.1) is 6.92 Å². The lowest BCUT2D eigenvalue weighted by molar-refractivity contribution is 0.395. The van der Waals surface area contributed by atoms with E-state index >= 15 is 0 Å². The van der Waals surface area contributed by atoms with Gasteiger partial charge in [0, 0.05) is 17.4 Å². The zero-order chi connectivity index (χ0) is 19.5. The van der Waals surface area contributed by atoms with Gasteiger partial charge in [0.05, 0.1) is 25.3 Å². The fraction of sp³-hybridized carbons (Fsp3) is 0.182. The lowest BCUT2D eigenvalue weighted by Crippen LogP contribution is -2.03. The summed E-state index contributed by atoms with van der Waals surface area (Å²) >= 11 is 1.68. The second kappa shape index (κ2) is 7.86. The SMILES string of the molecule is COc1ccc(Nc2nc(Cc3ccccc3)nc3sc(C)cc23)c(OC)c1. The van der Waals surface area contributed by atoms with Crippen LogP contribution >= 0.6 is 11.3 Å². The van der Waals surface area contributed by atoms with E-state index in [0.29, 0.717) is 12.2 Å². The van der Waals surface area contributed by atoms with Crippen LogP contribution in [-0.4, -0.2) is 24.2 Å². The predicted molar refractivity (Wildman–Crippen MR) is 114 cm³/mol. The molecule has 6 heteroatoms. The van der Waals surface area contributed by atoms with Crippen molar-refractivity contribution < 1.29 is 9.47 Å². The Balaban J connectivity index is 1.75. The monoisotopic (exact) mass is 391 g/mol. The zero-order valence-electron chi connectivity index (χ0n) is 16.0. The summed E-state index contributed by atoms with van der Waals surface area (Å²) in [4.78, 5) is 11.8. The Bertz CT molecular complexity index is 1110. The molecule has 0 saturated carbocycles. The van der Waals surface area contributed by atoms with E-state index in [9.17, 15) is 0 Å². The van der Waals surface area contributed by atoms with Crippen LogP contribution in [0.1, 0.15) is 16.3 Å². The number of fused-ring (bicyclic) bond motifs is 1. The number of methoxy groups -OCH3 is 2. The summed E-state index contributed by atoms with van der Waals surface area (Å²) in [6.07, 6.45) is 0.683. The first-order chi connectivity index (χ1) is 13.7. The van der Waals surface area contributed by atoms with Gasteiger partial charge < -0.3 is 14.8 Å². The molecule has 0 spiro atoms. The molecule has 4 rings (SSSR count). The molecular weight excluding hydrogens is 370 g/mol. The first-order valence-electron chi connectivity index (χ1n) is 8.96. The summed E-state index contributed by atoms with van der Waals surface area (Å²) in [5.41, 5.74) is 2.01. The molecule has 0 saturated heterocycles. The van der Waals surface area contributed by atoms with Crippen LogP contribution in [0.4, 0.5) is 11.5 Å². The number of aromatic nitrogens is 2. The number of aryl methyl sites for hydroxylation is 1. The molecule has 1 N–H and O–H groups in total. The summed E-state index contributed by atoms with van der Waals surface area (Å²) in [5, 5.41) is 4.44. The third-order valence-electron chi connectivity index (χ3n) is 4.43. The molecular formula is C22H21N3O2S. The fourth-order valence-electron chi connectivity index (χ4n) is 3.07. The maximum Gasteiger partial charge on any atom is 0.146 e. The van der Waals surface area contributed by atoms with Crippen LogP contribution in [0.2, 0.25) is 0 Å². The first-order valence-corrected chi connectivity index (χ1v) is 9.78. The number of ether oxygens (including phenoxy) is 2. The Morgan fingerprint density at radius 1 is 0.964 bits per heavy atom. The molecule has 0 unspecified atom stereocenters. The molecule has 0 aliphatic carbocycles. The number of benzene rings is 2. The van der Waals surface area contributed by atoms with Gasteiger partial charge in [0.25, 0.3) is 0 Å². The van der Waals surface area contributed by atoms with Crippen molar-refractivity contribution in [1.29, 1.82) is 0 Å². The molecule has 5 nitrogen and oxygen atoms in total. The van der Waals surface area contributed by atoms with E-state index in [1.54, 1.807) is 25.6 Å². The summed E-state index contributed by atoms with van der Waals surface area (Å²) in [5.74, 6) is 3.01. The van der Waals surface area contributed by atoms with Crippen LogP contribution in [0.15, 0.2) is 54.6 Å². The number of anilines is 2. The van der Waals surface area contributed by atoms with E-state index < -0.39 is 0 Å². The highest BCUT2D eigenvalue weighted by Crippen LogP contribution is 2.35. The quantitative estimate of drug-likeness (QED) is 0.480. The van der Waals surface area contributed by atoms with Crippen LogP contribution < -0.4 is 14.8 Å². The van der Waals surface area contributed by atoms with Gasteiger partial charge in [-0.2, -0.15) is 0 Å². The molecule has 2 heterocycles. The topological polar surface area (TPSA) is 56.3 Å². The van der Waals surface area contributed by atoms with Gasteiger partial charge in [-0.1, -0.05) is 30.3 Å². The largest absolute Gasteiger partial charge is 0.497 e. The maximum atomic E-state index is 5.52. The number of rotatable bonds is 6. The maximum absolute atomic E-state index is 5.52. The van der Waals surface area contributed by atoms with E-state index in [0.717, 1.165) is 33.3 Å². The van der Waals surface area contributed by atoms with Gasteiger partial charge in [-0.05, 0) is 30.7 Å². The Morgan fingerprint density at radius 2 is 1.79 bits per heavy atom. The molecule has 28 heavy (non-hydrogen) atoms. The predicted octanol–water partition coefficient (Wildman–Crippen LogP) is 5.35. The van der Waals surface area contributed by atoms with E-state index in [-0.39, 0.29) is 0 Å². The highest BCUT2D eigenvalue weighted by Gasteiger charge is 2.14. The molecule has 0 amide bonds. The van der Waals surface area contributed by atoms with Crippen molar-refractivity contribution in [2.75, 3.05) is 19.5 Å². The molecule has 0 atom stereocenters. The highest BCUT2D eigenvalue weighted by atomic mass is 32.1.